The first-order valence-corrected chi connectivity index (χ1v) is 10.2. The Morgan fingerprint density at radius 2 is 1.81 bits per heavy atom. The van der Waals surface area contributed by atoms with Crippen LogP contribution in [0.5, 0.6) is 0 Å². The highest BCUT2D eigenvalue weighted by atomic mass is 16.2. The number of aryl methyl sites for hydroxylation is 1. The van der Waals surface area contributed by atoms with Crippen LogP contribution < -0.4 is 16.0 Å². The van der Waals surface area contributed by atoms with E-state index in [1.807, 2.05) is 30.3 Å². The number of hydrogen-bond donors (Lipinski definition) is 4. The summed E-state index contributed by atoms with van der Waals surface area (Å²) in [6.07, 6.45) is 4.09. The van der Waals surface area contributed by atoms with Crippen LogP contribution in [-0.2, 0) is 39.2 Å². The van der Waals surface area contributed by atoms with Gasteiger partial charge in [-0.3, -0.25) is 19.2 Å². The minimum Gasteiger partial charge on any atom is -0.350 e. The molecule has 0 fully saturated rings. The van der Waals surface area contributed by atoms with Crippen molar-refractivity contribution in [3.8, 4) is 0 Å². The van der Waals surface area contributed by atoms with Crippen LogP contribution in [-0.4, -0.2) is 51.4 Å². The van der Waals surface area contributed by atoms with Crippen molar-refractivity contribution in [1.29, 1.82) is 5.41 Å². The summed E-state index contributed by atoms with van der Waals surface area (Å²) in [5.41, 5.74) is 1.48. The highest BCUT2D eigenvalue weighted by Gasteiger charge is 2.27. The van der Waals surface area contributed by atoms with Crippen molar-refractivity contribution >= 4 is 29.7 Å². The van der Waals surface area contributed by atoms with Crippen LogP contribution >= 0.6 is 0 Å². The maximum atomic E-state index is 12.9. The molecular formula is C22H28N6O4. The van der Waals surface area contributed by atoms with Gasteiger partial charge in [0, 0.05) is 39.6 Å². The largest absolute Gasteiger partial charge is 0.350 e. The number of benzene rings is 1. The Kier molecular flexibility index (Phi) is 9.27. The van der Waals surface area contributed by atoms with Crippen LogP contribution in [0, 0.1) is 5.41 Å². The van der Waals surface area contributed by atoms with Gasteiger partial charge >= 0.3 is 0 Å². The number of carbonyl (C=O) groups is 4. The molecule has 0 radical (unpaired) electrons. The molecule has 2 atom stereocenters. The van der Waals surface area contributed by atoms with E-state index in [2.05, 4.69) is 20.9 Å². The number of rotatable bonds is 12. The number of aromatic nitrogens is 2. The molecule has 1 aromatic heterocycles. The van der Waals surface area contributed by atoms with Gasteiger partial charge in [-0.25, -0.2) is 4.98 Å². The molecule has 0 aliphatic carbocycles. The molecule has 0 aliphatic heterocycles. The summed E-state index contributed by atoms with van der Waals surface area (Å²) in [6.45, 7) is 1.55. The Bertz CT molecular complexity index is 956. The van der Waals surface area contributed by atoms with Crippen molar-refractivity contribution in [2.24, 2.45) is 7.05 Å². The van der Waals surface area contributed by atoms with E-state index in [-0.39, 0.29) is 25.8 Å². The topological polar surface area (TPSA) is 146 Å². The van der Waals surface area contributed by atoms with E-state index in [0.717, 1.165) is 5.56 Å². The van der Waals surface area contributed by atoms with Gasteiger partial charge in [-0.05, 0) is 12.0 Å². The van der Waals surface area contributed by atoms with Crippen LogP contribution in [0.15, 0.2) is 42.9 Å². The van der Waals surface area contributed by atoms with Crippen molar-refractivity contribution in [2.75, 3.05) is 0 Å². The molecule has 2 aromatic rings. The van der Waals surface area contributed by atoms with Crippen LogP contribution in [0.4, 0.5) is 0 Å². The first-order chi connectivity index (χ1) is 15.3. The van der Waals surface area contributed by atoms with Gasteiger partial charge < -0.3 is 25.9 Å². The Balaban J connectivity index is 2.09. The predicted molar refractivity (Wildman–Crippen MR) is 118 cm³/mol. The molecule has 0 bridgehead atoms. The number of nitrogens with one attached hydrogen (secondary N) is 4. The number of Topliss-reactive ketones (excluding diaryl/α,β-unsaturated/α-hetero) is 1. The zero-order valence-corrected chi connectivity index (χ0v) is 18.1. The van der Waals surface area contributed by atoms with Gasteiger partial charge in [0.1, 0.15) is 12.1 Å². The van der Waals surface area contributed by atoms with E-state index < -0.39 is 35.6 Å². The maximum absolute atomic E-state index is 12.9. The van der Waals surface area contributed by atoms with Gasteiger partial charge in [0.2, 0.25) is 17.7 Å². The normalized spacial score (nSPS) is 12.3. The molecule has 1 heterocycles. The molecule has 0 unspecified atom stereocenters. The molecule has 0 saturated carbocycles. The second-order valence-electron chi connectivity index (χ2n) is 7.40. The predicted octanol–water partition coefficient (Wildman–Crippen LogP) is 0.267. The van der Waals surface area contributed by atoms with Crippen LogP contribution in [0.1, 0.15) is 31.0 Å². The summed E-state index contributed by atoms with van der Waals surface area (Å²) < 4.78 is 1.72. The molecular weight excluding hydrogens is 412 g/mol. The summed E-state index contributed by atoms with van der Waals surface area (Å²) in [4.78, 5) is 53.1. The highest BCUT2D eigenvalue weighted by Crippen LogP contribution is 2.05. The fourth-order valence-corrected chi connectivity index (χ4v) is 3.04. The summed E-state index contributed by atoms with van der Waals surface area (Å²) in [5.74, 6) is -1.87. The lowest BCUT2D eigenvalue weighted by Crippen LogP contribution is -2.54. The standard InChI is InChI=1S/C22H28N6O4/c1-15(29)26-20(10-17-13-28(2)14-25-17)22(32)27-19(9-8-18(30)11-23)21(31)24-12-16-6-4-3-5-7-16/h3-7,11,13-14,19-20,23H,8-10,12H2,1-2H3,(H,24,31)(H,26,29)(H,27,32)/t19-,20-/m0/s1. The molecule has 10 nitrogen and oxygen atoms in total. The first kappa shape index (κ1) is 24.4. The maximum Gasteiger partial charge on any atom is 0.243 e. The van der Waals surface area contributed by atoms with Gasteiger partial charge in [-0.15, -0.1) is 0 Å². The van der Waals surface area contributed by atoms with Gasteiger partial charge in [-0.2, -0.15) is 0 Å². The zero-order valence-electron chi connectivity index (χ0n) is 18.1. The Morgan fingerprint density at radius 3 is 2.41 bits per heavy atom. The third kappa shape index (κ3) is 8.13. The van der Waals surface area contributed by atoms with Crippen molar-refractivity contribution in [2.45, 2.75) is 44.8 Å². The Hall–Kier alpha value is -3.82. The van der Waals surface area contributed by atoms with Crippen LogP contribution in [0.3, 0.4) is 0 Å². The first-order valence-electron chi connectivity index (χ1n) is 10.2. The molecule has 0 aliphatic rings. The molecule has 0 saturated heterocycles. The van der Waals surface area contributed by atoms with E-state index in [9.17, 15) is 19.2 Å². The molecule has 2 rings (SSSR count). The average molecular weight is 441 g/mol. The summed E-state index contributed by atoms with van der Waals surface area (Å²) in [7, 11) is 1.79. The van der Waals surface area contributed by atoms with Crippen molar-refractivity contribution in [3.05, 3.63) is 54.1 Å². The zero-order chi connectivity index (χ0) is 23.5. The molecule has 32 heavy (non-hydrogen) atoms. The number of hydrogen-bond acceptors (Lipinski definition) is 6. The molecule has 1 aromatic carbocycles. The van der Waals surface area contributed by atoms with Gasteiger partial charge in [-0.1, -0.05) is 30.3 Å². The molecule has 4 N–H and O–H groups in total. The second-order valence-corrected chi connectivity index (χ2v) is 7.40. The molecule has 10 heteroatoms. The minimum atomic E-state index is -1.00. The van der Waals surface area contributed by atoms with Crippen molar-refractivity contribution in [3.63, 3.8) is 0 Å². The summed E-state index contributed by atoms with van der Waals surface area (Å²) in [5, 5.41) is 15.0. The molecule has 3 amide bonds. The van der Waals surface area contributed by atoms with E-state index in [4.69, 9.17) is 5.41 Å². The van der Waals surface area contributed by atoms with Gasteiger partial charge in [0.25, 0.3) is 0 Å². The number of carbonyl (C=O) groups excluding carboxylic acids is 4. The summed E-state index contributed by atoms with van der Waals surface area (Å²) >= 11 is 0. The lowest BCUT2D eigenvalue weighted by atomic mass is 10.1. The Labute approximate surface area is 186 Å². The number of imidazole rings is 1. The Morgan fingerprint density at radius 1 is 1.09 bits per heavy atom. The van der Waals surface area contributed by atoms with Crippen LogP contribution in [0.2, 0.25) is 0 Å². The van der Waals surface area contributed by atoms with Crippen molar-refractivity contribution < 1.29 is 19.2 Å². The quantitative estimate of drug-likeness (QED) is 0.350. The second kappa shape index (κ2) is 12.1. The third-order valence-corrected chi connectivity index (χ3v) is 4.65. The fourth-order valence-electron chi connectivity index (χ4n) is 3.04. The lowest BCUT2D eigenvalue weighted by molar-refractivity contribution is -0.132. The number of nitrogens with zero attached hydrogens (tertiary/aromatic N) is 2. The van der Waals surface area contributed by atoms with E-state index in [1.54, 1.807) is 24.1 Å². The van der Waals surface area contributed by atoms with E-state index >= 15 is 0 Å². The third-order valence-electron chi connectivity index (χ3n) is 4.65. The number of amides is 3. The van der Waals surface area contributed by atoms with Gasteiger partial charge in [0.15, 0.2) is 5.78 Å². The minimum absolute atomic E-state index is 0.0248. The number of ketones is 1. The monoisotopic (exact) mass is 440 g/mol. The average Bonchev–Trinajstić information content (AvgIpc) is 3.18. The van der Waals surface area contributed by atoms with Crippen molar-refractivity contribution in [1.82, 2.24) is 25.5 Å². The molecule has 0 spiro atoms. The SMILES string of the molecule is CC(=O)N[C@@H](Cc1cn(C)cn1)C(=O)N[C@@H](CCC(=O)C=N)C(=O)NCc1ccccc1. The lowest BCUT2D eigenvalue weighted by Gasteiger charge is -2.22. The smallest absolute Gasteiger partial charge is 0.243 e. The van der Waals surface area contributed by atoms with E-state index in [0.29, 0.717) is 11.9 Å². The highest BCUT2D eigenvalue weighted by molar-refractivity contribution is 6.26. The fraction of sp³-hybridized carbons (Fsp3) is 0.364. The van der Waals surface area contributed by atoms with Gasteiger partial charge in [0.05, 0.1) is 18.2 Å². The molecule has 170 valence electrons. The summed E-state index contributed by atoms with van der Waals surface area (Å²) in [6, 6.07) is 7.32. The van der Waals surface area contributed by atoms with E-state index in [1.165, 1.54) is 6.92 Å². The van der Waals surface area contributed by atoms with Crippen LogP contribution in [0.25, 0.3) is 0 Å².